The Morgan fingerprint density at radius 2 is 1.00 bits per heavy atom. The third-order valence-corrected chi connectivity index (χ3v) is 11.9. The van der Waals surface area contributed by atoms with Crippen molar-refractivity contribution >= 4 is 58.2 Å². The van der Waals surface area contributed by atoms with Crippen LogP contribution in [-0.2, 0) is 0 Å². The molecule has 0 spiro atoms. The van der Waals surface area contributed by atoms with E-state index in [0.29, 0.717) is 0 Å². The number of amides is 1. The number of nitrogens with one attached hydrogen (secondary N) is 2. The van der Waals surface area contributed by atoms with Gasteiger partial charge in [0.2, 0.25) is 0 Å². The van der Waals surface area contributed by atoms with Crippen molar-refractivity contribution in [3.63, 3.8) is 0 Å². The summed E-state index contributed by atoms with van der Waals surface area (Å²) < 4.78 is 2.40. The van der Waals surface area contributed by atoms with Crippen LogP contribution in [0.1, 0.15) is 15.9 Å². The summed E-state index contributed by atoms with van der Waals surface area (Å²) in [6.45, 7) is 4.27. The second kappa shape index (κ2) is 11.0. The molecule has 3 nitrogen and oxygen atoms in total. The first-order valence-corrected chi connectivity index (χ1v) is 16.2. The molecule has 4 aromatic carbocycles. The van der Waals surface area contributed by atoms with Gasteiger partial charge in [-0.25, -0.2) is 0 Å². The van der Waals surface area contributed by atoms with Crippen LogP contribution < -0.4 is 19.6 Å². The zero-order valence-corrected chi connectivity index (χ0v) is 20.8. The second-order valence-electron chi connectivity index (χ2n) is 6.95. The average Bonchev–Trinajstić information content (AvgIpc) is 2.84. The Labute approximate surface area is 199 Å². The molecule has 0 saturated heterocycles. The third-order valence-electron chi connectivity index (χ3n) is 4.67. The fourth-order valence-electron chi connectivity index (χ4n) is 3.09. The summed E-state index contributed by atoms with van der Waals surface area (Å²) in [6, 6.07) is 36.0. The molecule has 0 aliphatic heterocycles. The van der Waals surface area contributed by atoms with Crippen molar-refractivity contribution in [1.82, 2.24) is 0 Å². The van der Waals surface area contributed by atoms with E-state index in [1.54, 1.807) is 0 Å². The van der Waals surface area contributed by atoms with Gasteiger partial charge in [-0.15, -0.1) is 0 Å². The van der Waals surface area contributed by atoms with E-state index in [-0.39, 0.29) is 32.2 Å². The van der Waals surface area contributed by atoms with E-state index in [1.807, 2.05) is 84.9 Å². The molecule has 0 bridgehead atoms. The number of hydrogen-bond donors (Lipinski definition) is 2. The normalized spacial score (nSPS) is 10.4. The van der Waals surface area contributed by atoms with Gasteiger partial charge in [0.1, 0.15) is 0 Å². The van der Waals surface area contributed by atoms with Crippen molar-refractivity contribution < 1.29 is 4.79 Å². The SMILES string of the molecule is C=C(Nc1ccccc1)c1ccccc1[Se][Se]c1ccccc1C(=O)Nc1ccccc1. The number of hydrogen-bond acceptors (Lipinski definition) is 2. The van der Waals surface area contributed by atoms with E-state index in [2.05, 4.69) is 41.5 Å². The Balaban J connectivity index is 1.49. The van der Waals surface area contributed by atoms with Gasteiger partial charge < -0.3 is 0 Å². The molecule has 32 heavy (non-hydrogen) atoms. The fraction of sp³-hybridized carbons (Fsp3) is 0. The summed E-state index contributed by atoms with van der Waals surface area (Å²) in [6.07, 6.45) is 0. The minimum absolute atomic E-state index is 0.0621. The molecule has 4 aromatic rings. The van der Waals surface area contributed by atoms with Crippen LogP contribution in [0.2, 0.25) is 0 Å². The molecule has 0 aromatic heterocycles. The van der Waals surface area contributed by atoms with E-state index >= 15 is 0 Å². The number of benzene rings is 4. The molecule has 2 N–H and O–H groups in total. The Kier molecular flexibility index (Phi) is 7.60. The van der Waals surface area contributed by atoms with Crippen LogP contribution in [0.15, 0.2) is 116 Å². The van der Waals surface area contributed by atoms with E-state index in [0.717, 1.165) is 32.7 Å². The number of anilines is 2. The molecule has 0 fully saturated rings. The Morgan fingerprint density at radius 1 is 0.562 bits per heavy atom. The first-order valence-electron chi connectivity index (χ1n) is 10.1. The third kappa shape index (κ3) is 5.79. The van der Waals surface area contributed by atoms with E-state index in [1.165, 1.54) is 4.46 Å². The number of carbonyl (C=O) groups is 1. The van der Waals surface area contributed by atoms with Gasteiger partial charge >= 0.3 is 200 Å². The monoisotopic (exact) mass is 550 g/mol. The summed E-state index contributed by atoms with van der Waals surface area (Å²) in [5.41, 5.74) is 4.59. The molecule has 0 atom stereocenters. The van der Waals surface area contributed by atoms with Crippen LogP contribution in [0.5, 0.6) is 0 Å². The van der Waals surface area contributed by atoms with Crippen molar-refractivity contribution in [2.75, 3.05) is 10.6 Å². The molecule has 5 heteroatoms. The van der Waals surface area contributed by atoms with E-state index in [4.69, 9.17) is 0 Å². The molecule has 1 amide bonds. The van der Waals surface area contributed by atoms with Gasteiger partial charge in [-0.3, -0.25) is 0 Å². The Morgan fingerprint density at radius 3 is 1.59 bits per heavy atom. The first kappa shape index (κ1) is 22.1. The quantitative estimate of drug-likeness (QED) is 0.323. The van der Waals surface area contributed by atoms with Crippen molar-refractivity contribution in [3.05, 3.63) is 127 Å². The molecule has 0 saturated carbocycles. The van der Waals surface area contributed by atoms with Gasteiger partial charge in [-0.1, -0.05) is 0 Å². The van der Waals surface area contributed by atoms with Gasteiger partial charge in [-0.05, 0) is 0 Å². The summed E-state index contributed by atoms with van der Waals surface area (Å²) in [7, 11) is 0. The van der Waals surface area contributed by atoms with E-state index < -0.39 is 0 Å². The molecule has 0 radical (unpaired) electrons. The number of rotatable bonds is 8. The molecule has 0 heterocycles. The zero-order valence-electron chi connectivity index (χ0n) is 17.3. The van der Waals surface area contributed by atoms with Gasteiger partial charge in [0, 0.05) is 0 Å². The molecule has 158 valence electrons. The topological polar surface area (TPSA) is 41.1 Å². The average molecular weight is 548 g/mol. The molecular formula is C27H22N2OSe2. The summed E-state index contributed by atoms with van der Waals surface area (Å²) >= 11 is 0.356. The molecular weight excluding hydrogens is 526 g/mol. The maximum absolute atomic E-state index is 12.9. The summed E-state index contributed by atoms with van der Waals surface area (Å²) in [4.78, 5) is 12.9. The standard InChI is InChI=1S/C27H22N2OSe2/c1-20(28-21-12-4-2-5-13-21)23-16-8-10-18-25(23)31-32-26-19-11-9-17-24(26)27(30)29-22-14-6-3-7-15-22/h2-19,28H,1H2,(H,29,30). The van der Waals surface area contributed by atoms with Crippen LogP contribution in [0.4, 0.5) is 11.4 Å². The first-order chi connectivity index (χ1) is 15.7. The summed E-state index contributed by atoms with van der Waals surface area (Å²) in [5, 5.41) is 6.42. The van der Waals surface area contributed by atoms with Gasteiger partial charge in [-0.2, -0.15) is 0 Å². The van der Waals surface area contributed by atoms with Gasteiger partial charge in [0.05, 0.1) is 0 Å². The summed E-state index contributed by atoms with van der Waals surface area (Å²) in [5.74, 6) is -0.0621. The van der Waals surface area contributed by atoms with Crippen molar-refractivity contribution in [2.24, 2.45) is 0 Å². The fourth-order valence-corrected chi connectivity index (χ4v) is 10.3. The zero-order chi connectivity index (χ0) is 22.2. The maximum atomic E-state index is 12.9. The van der Waals surface area contributed by atoms with Gasteiger partial charge in [0.25, 0.3) is 0 Å². The molecule has 4 rings (SSSR count). The van der Waals surface area contributed by atoms with E-state index in [9.17, 15) is 4.79 Å². The minimum atomic E-state index is -0.0621. The van der Waals surface area contributed by atoms with Crippen molar-refractivity contribution in [1.29, 1.82) is 0 Å². The molecule has 0 aliphatic rings. The van der Waals surface area contributed by atoms with Crippen molar-refractivity contribution in [2.45, 2.75) is 0 Å². The second-order valence-corrected chi connectivity index (χ2v) is 13.1. The predicted molar refractivity (Wildman–Crippen MR) is 137 cm³/mol. The predicted octanol–water partition coefficient (Wildman–Crippen LogP) is 4.30. The number of para-hydroxylation sites is 2. The van der Waals surface area contributed by atoms with Crippen LogP contribution in [0, 0.1) is 0 Å². The molecule has 0 aliphatic carbocycles. The van der Waals surface area contributed by atoms with Crippen LogP contribution in [0.3, 0.4) is 0 Å². The van der Waals surface area contributed by atoms with Crippen LogP contribution >= 0.6 is 0 Å². The Bertz CT molecular complexity index is 1110. The molecule has 0 unspecified atom stereocenters. The van der Waals surface area contributed by atoms with Crippen molar-refractivity contribution in [3.8, 4) is 0 Å². The Hall–Kier alpha value is -3.07. The van der Waals surface area contributed by atoms with Crippen LogP contribution in [-0.4, -0.2) is 32.2 Å². The van der Waals surface area contributed by atoms with Crippen LogP contribution in [0.25, 0.3) is 5.70 Å². The van der Waals surface area contributed by atoms with Gasteiger partial charge in [0.15, 0.2) is 0 Å². The number of carbonyl (C=O) groups excluding carboxylic acids is 1.